The van der Waals surface area contributed by atoms with Crippen LogP contribution in [0.15, 0.2) is 51.4 Å². The van der Waals surface area contributed by atoms with Gasteiger partial charge in [0, 0.05) is 19.2 Å². The van der Waals surface area contributed by atoms with Gasteiger partial charge in [0.25, 0.3) is 0 Å². The van der Waals surface area contributed by atoms with Gasteiger partial charge in [0.2, 0.25) is 11.8 Å². The number of carbonyl (C=O) groups excluding carboxylic acids is 1. The maximum Gasteiger partial charge on any atom is 0.233 e. The number of hydrogen-bond donors (Lipinski definition) is 0. The number of nitrogens with zero attached hydrogens (tertiary/aromatic N) is 3. The number of benzene rings is 1. The zero-order chi connectivity index (χ0) is 17.9. The lowest BCUT2D eigenvalue weighted by Crippen LogP contribution is -2.32. The number of thiazole rings is 1. The Morgan fingerprint density at radius 1 is 1.35 bits per heavy atom. The van der Waals surface area contributed by atoms with Gasteiger partial charge in [0.1, 0.15) is 6.10 Å². The van der Waals surface area contributed by atoms with E-state index in [1.54, 1.807) is 17.5 Å². The Morgan fingerprint density at radius 3 is 3.08 bits per heavy atom. The minimum Gasteiger partial charge on any atom is -0.472 e. The molecule has 1 saturated heterocycles. The number of hydrogen-bond acceptors (Lipinski definition) is 6. The summed E-state index contributed by atoms with van der Waals surface area (Å²) in [7, 11) is 0. The minimum absolute atomic E-state index is 0.0161. The normalized spacial score (nSPS) is 17.0. The van der Waals surface area contributed by atoms with Crippen molar-refractivity contribution in [3.05, 3.63) is 47.1 Å². The van der Waals surface area contributed by atoms with Gasteiger partial charge in [-0.1, -0.05) is 23.9 Å². The van der Waals surface area contributed by atoms with E-state index < -0.39 is 0 Å². The van der Waals surface area contributed by atoms with Gasteiger partial charge in [-0.25, -0.2) is 9.97 Å². The molecule has 2 aromatic heterocycles. The van der Waals surface area contributed by atoms with Crippen LogP contribution in [0.1, 0.15) is 6.42 Å². The highest BCUT2D eigenvalue weighted by Gasteiger charge is 2.28. The Labute approximate surface area is 167 Å². The van der Waals surface area contributed by atoms with Crippen LogP contribution < -0.4 is 4.74 Å². The average molecular weight is 450 g/mol. The van der Waals surface area contributed by atoms with Crippen molar-refractivity contribution in [1.82, 2.24) is 14.9 Å². The molecule has 0 spiro atoms. The summed E-state index contributed by atoms with van der Waals surface area (Å²) in [5.74, 6) is 1.11. The number of carbonyl (C=O) groups is 1. The Bertz CT molecular complexity index is 900. The number of fused-ring (bicyclic) bond motifs is 1. The second kappa shape index (κ2) is 7.94. The van der Waals surface area contributed by atoms with Crippen molar-refractivity contribution < 1.29 is 9.53 Å². The van der Waals surface area contributed by atoms with E-state index in [-0.39, 0.29) is 12.0 Å². The average Bonchev–Trinajstić information content (AvgIpc) is 3.28. The van der Waals surface area contributed by atoms with E-state index in [1.165, 1.54) is 11.8 Å². The van der Waals surface area contributed by atoms with Crippen LogP contribution in [0.5, 0.6) is 5.88 Å². The molecule has 1 unspecified atom stereocenters. The van der Waals surface area contributed by atoms with Crippen LogP contribution in [-0.4, -0.2) is 45.7 Å². The topological polar surface area (TPSA) is 55.3 Å². The third-order valence-corrected chi connectivity index (χ3v) is 6.86. The van der Waals surface area contributed by atoms with Crippen LogP contribution >= 0.6 is 39.0 Å². The van der Waals surface area contributed by atoms with Crippen molar-refractivity contribution >= 4 is 55.2 Å². The van der Waals surface area contributed by atoms with Crippen molar-refractivity contribution in [2.75, 3.05) is 18.8 Å². The van der Waals surface area contributed by atoms with Crippen molar-refractivity contribution in [2.45, 2.75) is 16.9 Å². The van der Waals surface area contributed by atoms with E-state index in [4.69, 9.17) is 4.74 Å². The molecule has 4 rings (SSSR count). The van der Waals surface area contributed by atoms with Crippen molar-refractivity contribution in [1.29, 1.82) is 0 Å². The highest BCUT2D eigenvalue weighted by Crippen LogP contribution is 2.30. The molecule has 1 aliphatic rings. The number of halogens is 1. The van der Waals surface area contributed by atoms with E-state index in [0.29, 0.717) is 24.7 Å². The standard InChI is InChI=1S/C18H16BrN3O2S2/c19-13-4-3-8-20-17(13)24-12-7-9-22(10-12)16(23)11-25-18-21-14-5-1-2-6-15(14)26-18/h1-6,8,12H,7,9-11H2. The second-order valence-electron chi connectivity index (χ2n) is 5.89. The van der Waals surface area contributed by atoms with Crippen LogP contribution in [0.25, 0.3) is 10.2 Å². The smallest absolute Gasteiger partial charge is 0.233 e. The van der Waals surface area contributed by atoms with Gasteiger partial charge in [0.05, 0.1) is 27.0 Å². The first kappa shape index (κ1) is 17.8. The number of amides is 1. The largest absolute Gasteiger partial charge is 0.472 e. The quantitative estimate of drug-likeness (QED) is 0.545. The zero-order valence-corrected chi connectivity index (χ0v) is 17.0. The van der Waals surface area contributed by atoms with Gasteiger partial charge in [-0.3, -0.25) is 4.79 Å². The molecular formula is C18H16BrN3O2S2. The highest BCUT2D eigenvalue weighted by molar-refractivity contribution is 9.10. The number of thioether (sulfide) groups is 1. The number of pyridine rings is 1. The molecule has 0 aliphatic carbocycles. The van der Waals surface area contributed by atoms with E-state index in [9.17, 15) is 4.79 Å². The molecule has 8 heteroatoms. The molecule has 0 N–H and O–H groups in total. The lowest BCUT2D eigenvalue weighted by atomic mass is 10.3. The molecule has 134 valence electrons. The van der Waals surface area contributed by atoms with Gasteiger partial charge in [0.15, 0.2) is 4.34 Å². The fraction of sp³-hybridized carbons (Fsp3) is 0.278. The van der Waals surface area contributed by atoms with Crippen molar-refractivity contribution in [3.63, 3.8) is 0 Å². The predicted octanol–water partition coefficient (Wildman–Crippen LogP) is 4.23. The Kier molecular flexibility index (Phi) is 5.42. The molecule has 5 nitrogen and oxygen atoms in total. The predicted molar refractivity (Wildman–Crippen MR) is 108 cm³/mol. The summed E-state index contributed by atoms with van der Waals surface area (Å²) in [6.45, 7) is 1.32. The van der Waals surface area contributed by atoms with Gasteiger partial charge in [-0.05, 0) is 40.2 Å². The molecule has 0 saturated carbocycles. The lowest BCUT2D eigenvalue weighted by Gasteiger charge is -2.17. The minimum atomic E-state index is -0.0161. The third kappa shape index (κ3) is 4.02. The molecule has 1 aromatic carbocycles. The van der Waals surface area contributed by atoms with E-state index in [0.717, 1.165) is 25.4 Å². The number of para-hydroxylation sites is 1. The summed E-state index contributed by atoms with van der Waals surface area (Å²) in [5, 5.41) is 0. The number of aromatic nitrogens is 2. The Morgan fingerprint density at radius 2 is 2.23 bits per heavy atom. The summed E-state index contributed by atoms with van der Waals surface area (Å²) < 4.78 is 8.84. The fourth-order valence-electron chi connectivity index (χ4n) is 2.79. The third-order valence-electron chi connectivity index (χ3n) is 4.09. The molecule has 3 heterocycles. The van der Waals surface area contributed by atoms with Crippen LogP contribution in [0.3, 0.4) is 0 Å². The van der Waals surface area contributed by atoms with E-state index in [1.807, 2.05) is 35.2 Å². The zero-order valence-electron chi connectivity index (χ0n) is 13.8. The first-order valence-electron chi connectivity index (χ1n) is 8.22. The summed E-state index contributed by atoms with van der Waals surface area (Å²) in [6, 6.07) is 11.8. The Hall–Kier alpha value is -1.64. The van der Waals surface area contributed by atoms with E-state index >= 15 is 0 Å². The monoisotopic (exact) mass is 449 g/mol. The molecule has 26 heavy (non-hydrogen) atoms. The maximum atomic E-state index is 12.5. The highest BCUT2D eigenvalue weighted by atomic mass is 79.9. The van der Waals surface area contributed by atoms with Gasteiger partial charge in [-0.2, -0.15) is 0 Å². The SMILES string of the molecule is O=C(CSc1nc2ccccc2s1)N1CCC(Oc2ncccc2Br)C1. The van der Waals surface area contributed by atoms with Gasteiger partial charge in [-0.15, -0.1) is 11.3 Å². The second-order valence-corrected chi connectivity index (χ2v) is 9.00. The van der Waals surface area contributed by atoms with Crippen molar-refractivity contribution in [3.8, 4) is 5.88 Å². The summed E-state index contributed by atoms with van der Waals surface area (Å²) >= 11 is 6.57. The Balaban J connectivity index is 1.31. The van der Waals surface area contributed by atoms with Gasteiger partial charge >= 0.3 is 0 Å². The van der Waals surface area contributed by atoms with Crippen molar-refractivity contribution in [2.24, 2.45) is 0 Å². The molecule has 0 radical (unpaired) electrons. The van der Waals surface area contributed by atoms with Crippen LogP contribution in [0.2, 0.25) is 0 Å². The number of likely N-dealkylation sites (tertiary alicyclic amines) is 1. The number of ether oxygens (including phenoxy) is 1. The molecule has 1 fully saturated rings. The first-order chi connectivity index (χ1) is 12.7. The first-order valence-corrected chi connectivity index (χ1v) is 10.8. The van der Waals surface area contributed by atoms with Crippen LogP contribution in [0.4, 0.5) is 0 Å². The molecule has 1 amide bonds. The van der Waals surface area contributed by atoms with Gasteiger partial charge < -0.3 is 9.64 Å². The van der Waals surface area contributed by atoms with Crippen LogP contribution in [0, 0.1) is 0 Å². The fourth-order valence-corrected chi connectivity index (χ4v) is 5.11. The van der Waals surface area contributed by atoms with E-state index in [2.05, 4.69) is 32.0 Å². The molecule has 3 aromatic rings. The summed E-state index contributed by atoms with van der Waals surface area (Å²) in [4.78, 5) is 23.2. The summed E-state index contributed by atoms with van der Waals surface area (Å²) in [6.07, 6.45) is 2.50. The van der Waals surface area contributed by atoms with Crippen LogP contribution in [-0.2, 0) is 4.79 Å². The molecule has 1 aliphatic heterocycles. The summed E-state index contributed by atoms with van der Waals surface area (Å²) in [5.41, 5.74) is 0.989. The number of rotatable bonds is 5. The lowest BCUT2D eigenvalue weighted by molar-refractivity contribution is -0.127. The molecule has 0 bridgehead atoms. The molecular weight excluding hydrogens is 434 g/mol. The maximum absolute atomic E-state index is 12.5. The molecule has 1 atom stereocenters.